The molecule has 4 N–H and O–H groups in total. The number of carbonyl (C=O) groups excluding carboxylic acids is 1. The van der Waals surface area contributed by atoms with Crippen LogP contribution in [0.3, 0.4) is 0 Å². The number of methoxy groups -OCH3 is 1. The third kappa shape index (κ3) is 12.7. The summed E-state index contributed by atoms with van der Waals surface area (Å²) >= 11 is 6.34. The maximum atomic E-state index is 14.1. The lowest BCUT2D eigenvalue weighted by atomic mass is 9.91. The highest BCUT2D eigenvalue weighted by Gasteiger charge is 2.26. The van der Waals surface area contributed by atoms with E-state index in [0.717, 1.165) is 53.6 Å². The summed E-state index contributed by atoms with van der Waals surface area (Å²) in [5, 5.41) is 11.6. The number of anilines is 1. The maximum absolute atomic E-state index is 14.1. The molecule has 0 radical (unpaired) electrons. The molecular formula is C40H53ClFN7O7. The van der Waals surface area contributed by atoms with Gasteiger partial charge < -0.3 is 44.8 Å². The number of carbonyl (C=O) groups is 1. The van der Waals surface area contributed by atoms with Crippen molar-refractivity contribution in [2.24, 2.45) is 10.7 Å². The lowest BCUT2D eigenvalue weighted by Gasteiger charge is -2.31. The lowest BCUT2D eigenvalue weighted by molar-refractivity contribution is 0.00000309. The Morgan fingerprint density at radius 2 is 1.62 bits per heavy atom. The van der Waals surface area contributed by atoms with Gasteiger partial charge in [0.15, 0.2) is 0 Å². The van der Waals surface area contributed by atoms with Gasteiger partial charge in [-0.05, 0) is 77.1 Å². The summed E-state index contributed by atoms with van der Waals surface area (Å²) in [6, 6.07) is 7.90. The number of aryl methyl sites for hydroxylation is 1. The first-order valence-corrected chi connectivity index (χ1v) is 19.2. The Bertz CT molecular complexity index is 1930. The van der Waals surface area contributed by atoms with E-state index >= 15 is 0 Å². The minimum atomic E-state index is -0.573. The van der Waals surface area contributed by atoms with Crippen LogP contribution in [-0.4, -0.2) is 104 Å². The molecular weight excluding hydrogens is 745 g/mol. The van der Waals surface area contributed by atoms with Gasteiger partial charge in [0.25, 0.3) is 0 Å². The van der Waals surface area contributed by atoms with Crippen LogP contribution in [0.4, 0.5) is 20.6 Å². The average Bonchev–Trinajstić information content (AvgIpc) is 3.58. The Hall–Kier alpha value is -4.54. The molecule has 304 valence electrons. The fourth-order valence-electron chi connectivity index (χ4n) is 6.17. The molecule has 0 bridgehead atoms. The summed E-state index contributed by atoms with van der Waals surface area (Å²) in [5.74, 6) is 0.131. The summed E-state index contributed by atoms with van der Waals surface area (Å²) in [7, 11) is 1.64. The van der Waals surface area contributed by atoms with E-state index in [4.69, 9.17) is 45.8 Å². The van der Waals surface area contributed by atoms with Crippen molar-refractivity contribution in [2.45, 2.75) is 71.1 Å². The van der Waals surface area contributed by atoms with Crippen LogP contribution in [0.1, 0.15) is 57.6 Å². The van der Waals surface area contributed by atoms with Gasteiger partial charge in [0, 0.05) is 54.8 Å². The van der Waals surface area contributed by atoms with Crippen molar-refractivity contribution in [2.75, 3.05) is 65.3 Å². The van der Waals surface area contributed by atoms with E-state index in [2.05, 4.69) is 25.7 Å². The van der Waals surface area contributed by atoms with Gasteiger partial charge in [-0.3, -0.25) is 0 Å². The van der Waals surface area contributed by atoms with E-state index < -0.39 is 17.5 Å². The molecule has 16 heteroatoms. The van der Waals surface area contributed by atoms with Crippen molar-refractivity contribution in [3.8, 4) is 17.0 Å². The smallest absolute Gasteiger partial charge is 0.407 e. The van der Waals surface area contributed by atoms with E-state index in [0.29, 0.717) is 64.3 Å². The number of halogens is 2. The Balaban J connectivity index is 1.27. The highest BCUT2D eigenvalue weighted by Crippen LogP contribution is 2.34. The second-order valence-corrected chi connectivity index (χ2v) is 14.8. The van der Waals surface area contributed by atoms with E-state index in [1.807, 2.05) is 46.0 Å². The minimum Gasteiger partial charge on any atom is -0.475 e. The quantitative estimate of drug-likeness (QED) is 0.0516. The highest BCUT2D eigenvalue weighted by molar-refractivity contribution is 6.33. The summed E-state index contributed by atoms with van der Waals surface area (Å²) in [5.41, 5.74) is 11.0. The number of rotatable bonds is 19. The molecule has 1 fully saturated rings. The number of nitrogens with zero attached hydrogens (tertiary/aromatic N) is 4. The molecule has 14 nitrogen and oxygen atoms in total. The fraction of sp³-hybridized carbons (Fsp3) is 0.500. The van der Waals surface area contributed by atoms with E-state index in [1.54, 1.807) is 24.0 Å². The molecule has 0 aliphatic heterocycles. The molecule has 3 aromatic heterocycles. The summed E-state index contributed by atoms with van der Waals surface area (Å²) < 4.78 is 48.6. The van der Waals surface area contributed by atoms with Crippen LogP contribution >= 0.6 is 11.6 Å². The van der Waals surface area contributed by atoms with Gasteiger partial charge in [0.1, 0.15) is 23.9 Å². The Morgan fingerprint density at radius 1 is 0.964 bits per heavy atom. The number of nitrogens with two attached hydrogens (primary N) is 1. The number of benzene rings is 1. The van der Waals surface area contributed by atoms with Crippen LogP contribution in [0, 0.1) is 12.7 Å². The fourth-order valence-corrected chi connectivity index (χ4v) is 6.33. The zero-order valence-electron chi connectivity index (χ0n) is 32.7. The summed E-state index contributed by atoms with van der Waals surface area (Å²) in [4.78, 5) is 21.5. The van der Waals surface area contributed by atoms with Crippen LogP contribution in [0.15, 0.2) is 53.9 Å². The van der Waals surface area contributed by atoms with Crippen molar-refractivity contribution in [3.63, 3.8) is 0 Å². The zero-order valence-corrected chi connectivity index (χ0v) is 33.5. The van der Waals surface area contributed by atoms with Gasteiger partial charge in [0.05, 0.1) is 79.9 Å². The molecule has 1 amide bonds. The molecule has 5 rings (SSSR count). The number of amidine groups is 1. The van der Waals surface area contributed by atoms with Gasteiger partial charge in [-0.1, -0.05) is 11.6 Å². The van der Waals surface area contributed by atoms with Crippen molar-refractivity contribution >= 4 is 40.4 Å². The maximum Gasteiger partial charge on any atom is 0.407 e. The van der Waals surface area contributed by atoms with Crippen LogP contribution in [0.5, 0.6) is 5.88 Å². The number of pyridine rings is 1. The molecule has 0 atom stereocenters. The zero-order chi connectivity index (χ0) is 40.1. The number of alkyl carbamates (subject to hydrolysis) is 1. The predicted molar refractivity (Wildman–Crippen MR) is 214 cm³/mol. The highest BCUT2D eigenvalue weighted by atomic mass is 35.5. The largest absolute Gasteiger partial charge is 0.475 e. The number of hydrogen-bond donors (Lipinski definition) is 3. The predicted octanol–water partition coefficient (Wildman–Crippen LogP) is 6.86. The summed E-state index contributed by atoms with van der Waals surface area (Å²) in [6.45, 7) is 11.3. The number of aliphatic imine (C=N–C) groups is 1. The molecule has 1 aromatic carbocycles. The first kappa shape index (κ1) is 42.6. The normalized spacial score (nSPS) is 16.2. The Labute approximate surface area is 332 Å². The second-order valence-electron chi connectivity index (χ2n) is 14.4. The summed E-state index contributed by atoms with van der Waals surface area (Å²) in [6.07, 6.45) is 8.00. The van der Waals surface area contributed by atoms with Gasteiger partial charge in [-0.15, -0.1) is 0 Å². The third-order valence-electron chi connectivity index (χ3n) is 8.91. The topological polar surface area (TPSA) is 165 Å². The minimum absolute atomic E-state index is 0.00141. The number of hydrogen-bond acceptors (Lipinski definition) is 11. The molecule has 0 saturated heterocycles. The SMILES string of the molecule is COCCOCCOCCOCCOc1cc(C)c(-c2cc3c(NC4CCC(NC(=O)OC(C)(C)C)CC4)c(C(N)=Nc4cc(F)ccc4Cl)cnn3c2)cn1. The molecule has 1 aliphatic rings. The number of ether oxygens (including phenoxy) is 6. The van der Waals surface area contributed by atoms with Crippen LogP contribution in [0.2, 0.25) is 5.02 Å². The number of aromatic nitrogens is 3. The van der Waals surface area contributed by atoms with E-state index in [9.17, 15) is 9.18 Å². The van der Waals surface area contributed by atoms with Gasteiger partial charge in [-0.25, -0.2) is 23.7 Å². The van der Waals surface area contributed by atoms with E-state index in [-0.39, 0.29) is 28.6 Å². The Morgan fingerprint density at radius 3 is 2.29 bits per heavy atom. The molecule has 3 heterocycles. The van der Waals surface area contributed by atoms with Crippen molar-refractivity contribution in [1.29, 1.82) is 0 Å². The standard InChI is InChI=1S/C40H53ClFN7O7/c1-26-20-36(55-19-18-54-17-16-53-15-14-52-13-12-51-5)44-23-31(26)27-21-35-37(46-29-7-9-30(10-8-29)47-39(50)56-40(2,3)4)32(24-45-49(35)25-27)38(43)48-34-22-28(42)6-11-33(34)41/h6,11,20-25,29-30,46H,7-10,12-19H2,1-5H3,(H2,43,48)(H,47,50). The molecule has 56 heavy (non-hydrogen) atoms. The van der Waals surface area contributed by atoms with Crippen LogP contribution in [-0.2, 0) is 23.7 Å². The first-order chi connectivity index (χ1) is 26.9. The number of nitrogens with one attached hydrogen (secondary N) is 2. The van der Waals surface area contributed by atoms with Gasteiger partial charge in [0.2, 0.25) is 5.88 Å². The molecule has 1 saturated carbocycles. The number of amides is 1. The lowest BCUT2D eigenvalue weighted by Crippen LogP contribution is -2.42. The van der Waals surface area contributed by atoms with Crippen molar-refractivity contribution < 1.29 is 37.6 Å². The van der Waals surface area contributed by atoms with Crippen molar-refractivity contribution in [1.82, 2.24) is 19.9 Å². The molecule has 1 aliphatic carbocycles. The average molecular weight is 798 g/mol. The number of fused-ring (bicyclic) bond motifs is 1. The van der Waals surface area contributed by atoms with Crippen molar-refractivity contribution in [3.05, 3.63) is 70.9 Å². The molecule has 0 spiro atoms. The monoisotopic (exact) mass is 797 g/mol. The van der Waals surface area contributed by atoms with Gasteiger partial charge in [-0.2, -0.15) is 5.10 Å². The van der Waals surface area contributed by atoms with Gasteiger partial charge >= 0.3 is 6.09 Å². The first-order valence-electron chi connectivity index (χ1n) is 18.8. The van der Waals surface area contributed by atoms with Crippen LogP contribution in [0.25, 0.3) is 16.6 Å². The van der Waals surface area contributed by atoms with E-state index in [1.165, 1.54) is 18.2 Å². The van der Waals surface area contributed by atoms with Crippen LogP contribution < -0.4 is 21.1 Å². The Kier molecular flexibility index (Phi) is 15.7. The molecule has 4 aromatic rings. The second kappa shape index (κ2) is 20.6. The molecule has 0 unspecified atom stereocenters. The third-order valence-corrected chi connectivity index (χ3v) is 9.23.